The summed E-state index contributed by atoms with van der Waals surface area (Å²) in [5.41, 5.74) is 2.46. The number of nitrogens with zero attached hydrogens (tertiary/aromatic N) is 2. The van der Waals surface area contributed by atoms with E-state index in [4.69, 9.17) is 10.6 Å². The molecule has 0 aliphatic carbocycles. The molecule has 8 nitrogen and oxygen atoms in total. The lowest BCUT2D eigenvalue weighted by Gasteiger charge is -2.15. The number of thioether (sulfide) groups is 1. The normalized spacial score (nSPS) is 11.8. The molecule has 0 aliphatic rings. The summed E-state index contributed by atoms with van der Waals surface area (Å²) >= 11 is 1.39. The summed E-state index contributed by atoms with van der Waals surface area (Å²) < 4.78 is 4.87. The van der Waals surface area contributed by atoms with Crippen LogP contribution in [0.4, 0.5) is 11.6 Å². The highest BCUT2D eigenvalue weighted by Crippen LogP contribution is 2.17. The number of ether oxygens (including phenoxy) is 1. The van der Waals surface area contributed by atoms with Crippen LogP contribution < -0.4 is 21.9 Å². The number of anilines is 2. The fourth-order valence-corrected chi connectivity index (χ4v) is 1.76. The van der Waals surface area contributed by atoms with Crippen LogP contribution in [0.5, 0.6) is 0 Å². The maximum absolute atomic E-state index is 11.8. The number of carbonyl (C=O) groups excluding carboxylic acids is 1. The standard InChI is InChI=1S/C11H20N6O2S/c1-7(10(18)13-4-5-19-2)14-8-6-9(17-12)16-11(15-8)20-3/h6-7H,4-5,12H2,1-3H3,(H,13,18)(H2,14,15,16,17). The second-order valence-corrected chi connectivity index (χ2v) is 4.69. The summed E-state index contributed by atoms with van der Waals surface area (Å²) in [6, 6.07) is 1.21. The van der Waals surface area contributed by atoms with Crippen LogP contribution in [0.1, 0.15) is 6.92 Å². The molecule has 0 aliphatic heterocycles. The van der Waals surface area contributed by atoms with E-state index in [0.717, 1.165) is 0 Å². The molecule has 1 aromatic rings. The summed E-state index contributed by atoms with van der Waals surface area (Å²) in [6.45, 7) is 2.69. The topological polar surface area (TPSA) is 114 Å². The monoisotopic (exact) mass is 300 g/mol. The predicted molar refractivity (Wildman–Crippen MR) is 79.6 cm³/mol. The fraction of sp³-hybridized carbons (Fsp3) is 0.545. The maximum atomic E-state index is 11.8. The second kappa shape index (κ2) is 8.56. The molecule has 0 radical (unpaired) electrons. The molecule has 1 amide bonds. The average molecular weight is 300 g/mol. The van der Waals surface area contributed by atoms with Gasteiger partial charge in [-0.3, -0.25) is 4.79 Å². The van der Waals surface area contributed by atoms with Crippen molar-refractivity contribution in [3.63, 3.8) is 0 Å². The van der Waals surface area contributed by atoms with Crippen LogP contribution in [0.25, 0.3) is 0 Å². The van der Waals surface area contributed by atoms with E-state index in [2.05, 4.69) is 26.0 Å². The number of hydrazine groups is 1. The van der Waals surface area contributed by atoms with Gasteiger partial charge in [-0.05, 0) is 13.2 Å². The van der Waals surface area contributed by atoms with Crippen LogP contribution in [0.2, 0.25) is 0 Å². The van der Waals surface area contributed by atoms with Crippen molar-refractivity contribution in [2.45, 2.75) is 18.1 Å². The van der Waals surface area contributed by atoms with Gasteiger partial charge in [0.1, 0.15) is 17.7 Å². The van der Waals surface area contributed by atoms with Crippen LogP contribution in [0.15, 0.2) is 11.2 Å². The molecule has 112 valence electrons. The Kier molecular flexibility index (Phi) is 7.05. The van der Waals surface area contributed by atoms with Gasteiger partial charge in [-0.25, -0.2) is 15.8 Å². The van der Waals surface area contributed by atoms with Gasteiger partial charge < -0.3 is 20.8 Å². The largest absolute Gasteiger partial charge is 0.383 e. The number of carbonyl (C=O) groups is 1. The van der Waals surface area contributed by atoms with Gasteiger partial charge in [0.2, 0.25) is 5.91 Å². The Morgan fingerprint density at radius 3 is 2.80 bits per heavy atom. The zero-order valence-corrected chi connectivity index (χ0v) is 12.6. The van der Waals surface area contributed by atoms with Crippen LogP contribution in [-0.4, -0.2) is 48.4 Å². The first-order valence-corrected chi connectivity index (χ1v) is 7.26. The van der Waals surface area contributed by atoms with Crippen molar-refractivity contribution in [3.05, 3.63) is 6.07 Å². The van der Waals surface area contributed by atoms with Gasteiger partial charge in [0.15, 0.2) is 5.16 Å². The van der Waals surface area contributed by atoms with Crippen molar-refractivity contribution >= 4 is 29.3 Å². The van der Waals surface area contributed by atoms with Crippen molar-refractivity contribution < 1.29 is 9.53 Å². The lowest BCUT2D eigenvalue weighted by molar-refractivity contribution is -0.121. The number of amides is 1. The van der Waals surface area contributed by atoms with Crippen molar-refractivity contribution in [3.8, 4) is 0 Å². The molecule has 0 bridgehead atoms. The van der Waals surface area contributed by atoms with Gasteiger partial charge in [0.05, 0.1) is 6.61 Å². The molecule has 0 aromatic carbocycles. The van der Waals surface area contributed by atoms with E-state index in [1.54, 1.807) is 20.1 Å². The zero-order valence-electron chi connectivity index (χ0n) is 11.8. The Bertz CT molecular complexity index is 423. The van der Waals surface area contributed by atoms with Crippen LogP contribution >= 0.6 is 11.8 Å². The average Bonchev–Trinajstić information content (AvgIpc) is 2.46. The number of hydrogen-bond acceptors (Lipinski definition) is 8. The number of rotatable bonds is 8. The van der Waals surface area contributed by atoms with Crippen LogP contribution in [0, 0.1) is 0 Å². The summed E-state index contributed by atoms with van der Waals surface area (Å²) in [7, 11) is 1.58. The molecule has 5 N–H and O–H groups in total. The molecular formula is C11H20N6O2S. The number of methoxy groups -OCH3 is 1. The van der Waals surface area contributed by atoms with Crippen LogP contribution in [0.3, 0.4) is 0 Å². The molecule has 1 unspecified atom stereocenters. The quantitative estimate of drug-likeness (QED) is 0.175. The highest BCUT2D eigenvalue weighted by Gasteiger charge is 2.13. The van der Waals surface area contributed by atoms with Gasteiger partial charge in [-0.2, -0.15) is 0 Å². The third-order valence-corrected chi connectivity index (χ3v) is 2.95. The minimum atomic E-state index is -0.429. The first kappa shape index (κ1) is 16.5. The fourth-order valence-electron chi connectivity index (χ4n) is 1.38. The Morgan fingerprint density at radius 2 is 2.20 bits per heavy atom. The lowest BCUT2D eigenvalue weighted by atomic mass is 10.3. The van der Waals surface area contributed by atoms with E-state index in [9.17, 15) is 4.79 Å². The lowest BCUT2D eigenvalue weighted by Crippen LogP contribution is -2.39. The van der Waals surface area contributed by atoms with Crippen LogP contribution in [-0.2, 0) is 9.53 Å². The molecule has 0 saturated heterocycles. The molecule has 0 spiro atoms. The van der Waals surface area contributed by atoms with Crippen molar-refractivity contribution in [1.82, 2.24) is 15.3 Å². The van der Waals surface area contributed by atoms with Crippen molar-refractivity contribution in [1.29, 1.82) is 0 Å². The third kappa shape index (κ3) is 5.19. The number of nitrogens with two attached hydrogens (primary N) is 1. The van der Waals surface area contributed by atoms with E-state index in [-0.39, 0.29) is 5.91 Å². The first-order valence-electron chi connectivity index (χ1n) is 6.03. The molecule has 1 rings (SSSR count). The molecule has 0 saturated carbocycles. The van der Waals surface area contributed by atoms with Gasteiger partial charge in [0.25, 0.3) is 0 Å². The van der Waals surface area contributed by atoms with E-state index in [1.807, 2.05) is 6.26 Å². The molecule has 20 heavy (non-hydrogen) atoms. The highest BCUT2D eigenvalue weighted by atomic mass is 32.2. The van der Waals surface area contributed by atoms with Crippen molar-refractivity contribution in [2.24, 2.45) is 5.84 Å². The first-order chi connectivity index (χ1) is 9.60. The summed E-state index contributed by atoms with van der Waals surface area (Å²) in [4.78, 5) is 20.2. The minimum absolute atomic E-state index is 0.131. The van der Waals surface area contributed by atoms with E-state index < -0.39 is 6.04 Å². The predicted octanol–water partition coefficient (Wildman–Crippen LogP) is 0.0471. The Balaban J connectivity index is 2.64. The van der Waals surface area contributed by atoms with Gasteiger partial charge in [-0.1, -0.05) is 11.8 Å². The number of aromatic nitrogens is 2. The second-order valence-electron chi connectivity index (χ2n) is 3.92. The Hall–Kier alpha value is -1.58. The third-order valence-electron chi connectivity index (χ3n) is 2.40. The van der Waals surface area contributed by atoms with Gasteiger partial charge >= 0.3 is 0 Å². The van der Waals surface area contributed by atoms with Gasteiger partial charge in [0, 0.05) is 19.7 Å². The summed E-state index contributed by atoms with van der Waals surface area (Å²) in [5, 5.41) is 6.32. The van der Waals surface area contributed by atoms with Gasteiger partial charge in [-0.15, -0.1) is 0 Å². The smallest absolute Gasteiger partial charge is 0.242 e. The highest BCUT2D eigenvalue weighted by molar-refractivity contribution is 7.98. The van der Waals surface area contributed by atoms with E-state index >= 15 is 0 Å². The number of hydrogen-bond donors (Lipinski definition) is 4. The van der Waals surface area contributed by atoms with E-state index in [1.165, 1.54) is 11.8 Å². The molecule has 1 atom stereocenters. The Labute approximate surface area is 122 Å². The molecule has 0 fully saturated rings. The summed E-state index contributed by atoms with van der Waals surface area (Å²) in [5.74, 6) is 6.23. The molecular weight excluding hydrogens is 280 g/mol. The maximum Gasteiger partial charge on any atom is 0.242 e. The molecule has 1 heterocycles. The zero-order chi connectivity index (χ0) is 15.0. The molecule has 1 aromatic heterocycles. The van der Waals surface area contributed by atoms with Crippen molar-refractivity contribution in [2.75, 3.05) is 37.3 Å². The van der Waals surface area contributed by atoms with E-state index in [0.29, 0.717) is 29.9 Å². The summed E-state index contributed by atoms with van der Waals surface area (Å²) in [6.07, 6.45) is 1.86. The number of nitrogens with one attached hydrogen (secondary N) is 3. The number of nitrogen functional groups attached to an aromatic ring is 1. The molecule has 9 heteroatoms. The Morgan fingerprint density at radius 1 is 1.50 bits per heavy atom. The minimum Gasteiger partial charge on any atom is -0.383 e. The SMILES string of the molecule is COCCNC(=O)C(C)Nc1cc(NN)nc(SC)n1.